The maximum atomic E-state index is 6.04. The minimum Gasteiger partial charge on any atom is -0.394 e. The molecule has 2 aliphatic rings. The minimum absolute atomic E-state index is 0.232. The van der Waals surface area contributed by atoms with Crippen molar-refractivity contribution in [2.24, 2.45) is 0 Å². The standard InChI is InChI=1S/C12H17ClN4O2/c1-8-9(14)10(16-11(13)15-8)17-4-2-12(3-5-17)18-6-7-19-12/h2-7,14H2,1H3. The summed E-state index contributed by atoms with van der Waals surface area (Å²) in [5.74, 6) is 0.322. The van der Waals surface area contributed by atoms with Crippen molar-refractivity contribution in [1.82, 2.24) is 9.97 Å². The summed E-state index contributed by atoms with van der Waals surface area (Å²) in [6, 6.07) is 0. The summed E-state index contributed by atoms with van der Waals surface area (Å²) in [6.45, 7) is 4.77. The highest BCUT2D eigenvalue weighted by Crippen LogP contribution is 2.34. The van der Waals surface area contributed by atoms with Gasteiger partial charge in [0.15, 0.2) is 11.6 Å². The molecule has 0 radical (unpaired) electrons. The molecule has 0 saturated carbocycles. The predicted molar refractivity (Wildman–Crippen MR) is 72.3 cm³/mol. The molecular weight excluding hydrogens is 268 g/mol. The number of hydrogen-bond acceptors (Lipinski definition) is 6. The van der Waals surface area contributed by atoms with Crippen molar-refractivity contribution in [2.45, 2.75) is 25.6 Å². The number of piperidine rings is 1. The van der Waals surface area contributed by atoms with E-state index in [4.69, 9.17) is 26.8 Å². The van der Waals surface area contributed by atoms with Gasteiger partial charge in [-0.3, -0.25) is 0 Å². The molecule has 1 spiro atoms. The van der Waals surface area contributed by atoms with Crippen LogP contribution < -0.4 is 10.6 Å². The fourth-order valence-electron chi connectivity index (χ4n) is 2.62. The van der Waals surface area contributed by atoms with Crippen molar-refractivity contribution >= 4 is 23.1 Å². The Kier molecular flexibility index (Phi) is 3.24. The molecule has 2 fully saturated rings. The van der Waals surface area contributed by atoms with Crippen molar-refractivity contribution in [3.63, 3.8) is 0 Å². The third kappa shape index (κ3) is 2.35. The average molecular weight is 285 g/mol. The van der Waals surface area contributed by atoms with Crippen molar-refractivity contribution in [3.8, 4) is 0 Å². The van der Waals surface area contributed by atoms with Crippen molar-refractivity contribution in [2.75, 3.05) is 36.9 Å². The number of ether oxygens (including phenoxy) is 2. The molecule has 7 heteroatoms. The van der Waals surface area contributed by atoms with E-state index in [1.807, 2.05) is 6.92 Å². The average Bonchev–Trinajstić information content (AvgIpc) is 2.83. The first-order valence-corrected chi connectivity index (χ1v) is 6.80. The summed E-state index contributed by atoms with van der Waals surface area (Å²) in [6.07, 6.45) is 1.63. The Morgan fingerprint density at radius 3 is 2.47 bits per heavy atom. The summed E-state index contributed by atoms with van der Waals surface area (Å²) >= 11 is 5.91. The zero-order valence-electron chi connectivity index (χ0n) is 10.9. The summed E-state index contributed by atoms with van der Waals surface area (Å²) in [5, 5.41) is 0.232. The second-order valence-electron chi connectivity index (χ2n) is 4.91. The van der Waals surface area contributed by atoms with Crippen LogP contribution in [0.15, 0.2) is 0 Å². The van der Waals surface area contributed by atoms with Crippen LogP contribution in [-0.4, -0.2) is 42.1 Å². The molecule has 104 valence electrons. The summed E-state index contributed by atoms with van der Waals surface area (Å²) in [4.78, 5) is 10.4. The number of rotatable bonds is 1. The van der Waals surface area contributed by atoms with Gasteiger partial charge in [0.25, 0.3) is 0 Å². The number of nitrogens with zero attached hydrogens (tertiary/aromatic N) is 3. The Morgan fingerprint density at radius 1 is 1.21 bits per heavy atom. The molecule has 3 rings (SSSR count). The van der Waals surface area contributed by atoms with Gasteiger partial charge < -0.3 is 20.1 Å². The zero-order chi connectivity index (χ0) is 13.5. The largest absolute Gasteiger partial charge is 0.394 e. The van der Waals surface area contributed by atoms with E-state index in [9.17, 15) is 0 Å². The van der Waals surface area contributed by atoms with Gasteiger partial charge in [-0.1, -0.05) is 0 Å². The lowest BCUT2D eigenvalue weighted by molar-refractivity contribution is -0.169. The van der Waals surface area contributed by atoms with Gasteiger partial charge in [0.2, 0.25) is 5.28 Å². The third-order valence-corrected chi connectivity index (χ3v) is 3.90. The molecule has 0 aliphatic carbocycles. The van der Waals surface area contributed by atoms with E-state index < -0.39 is 5.79 Å². The van der Waals surface area contributed by atoms with Gasteiger partial charge in [-0.25, -0.2) is 4.98 Å². The molecular formula is C12H17ClN4O2. The number of halogens is 1. The highest BCUT2D eigenvalue weighted by Gasteiger charge is 2.40. The second-order valence-corrected chi connectivity index (χ2v) is 5.25. The Balaban J connectivity index is 1.78. The number of nitrogens with two attached hydrogens (primary N) is 1. The topological polar surface area (TPSA) is 73.5 Å². The van der Waals surface area contributed by atoms with Crippen LogP contribution in [0.4, 0.5) is 11.5 Å². The van der Waals surface area contributed by atoms with Crippen LogP contribution in [0.3, 0.4) is 0 Å². The monoisotopic (exact) mass is 284 g/mol. The number of aromatic nitrogens is 2. The Morgan fingerprint density at radius 2 is 1.84 bits per heavy atom. The number of anilines is 2. The molecule has 2 aliphatic heterocycles. The van der Waals surface area contributed by atoms with Crippen LogP contribution in [0.2, 0.25) is 5.28 Å². The van der Waals surface area contributed by atoms with Gasteiger partial charge in [-0.05, 0) is 18.5 Å². The first-order valence-electron chi connectivity index (χ1n) is 6.42. The van der Waals surface area contributed by atoms with E-state index in [0.717, 1.165) is 25.9 Å². The van der Waals surface area contributed by atoms with Gasteiger partial charge >= 0.3 is 0 Å². The number of hydrogen-bond donors (Lipinski definition) is 1. The molecule has 3 heterocycles. The number of nitrogen functional groups attached to an aromatic ring is 1. The Labute approximate surface area is 116 Å². The molecule has 0 atom stereocenters. The van der Waals surface area contributed by atoms with Crippen molar-refractivity contribution in [3.05, 3.63) is 11.0 Å². The lowest BCUT2D eigenvalue weighted by atomic mass is 10.0. The molecule has 2 saturated heterocycles. The minimum atomic E-state index is -0.392. The van der Waals surface area contributed by atoms with E-state index in [2.05, 4.69) is 14.9 Å². The fraction of sp³-hybridized carbons (Fsp3) is 0.667. The molecule has 6 nitrogen and oxygen atoms in total. The first-order chi connectivity index (χ1) is 9.10. The van der Waals surface area contributed by atoms with Crippen molar-refractivity contribution in [1.29, 1.82) is 0 Å². The van der Waals surface area contributed by atoms with Crippen LogP contribution in [0.25, 0.3) is 0 Å². The Hall–Kier alpha value is -1.11. The van der Waals surface area contributed by atoms with E-state index in [-0.39, 0.29) is 5.28 Å². The number of aryl methyl sites for hydroxylation is 1. The molecule has 0 unspecified atom stereocenters. The smallest absolute Gasteiger partial charge is 0.224 e. The first kappa shape index (κ1) is 12.9. The van der Waals surface area contributed by atoms with E-state index in [1.165, 1.54) is 0 Å². The summed E-state index contributed by atoms with van der Waals surface area (Å²) < 4.78 is 11.4. The third-order valence-electron chi connectivity index (χ3n) is 3.73. The molecule has 19 heavy (non-hydrogen) atoms. The summed E-state index contributed by atoms with van der Waals surface area (Å²) in [5.41, 5.74) is 7.34. The quantitative estimate of drug-likeness (QED) is 0.785. The SMILES string of the molecule is Cc1nc(Cl)nc(N2CCC3(CC2)OCCO3)c1N. The molecule has 0 bridgehead atoms. The lowest BCUT2D eigenvalue weighted by Crippen LogP contribution is -2.45. The highest BCUT2D eigenvalue weighted by atomic mass is 35.5. The Bertz CT molecular complexity index is 481. The molecule has 0 amide bonds. The van der Waals surface area contributed by atoms with Gasteiger partial charge in [0, 0.05) is 25.9 Å². The van der Waals surface area contributed by atoms with Gasteiger partial charge in [-0.2, -0.15) is 4.98 Å². The fourth-order valence-corrected chi connectivity index (χ4v) is 2.83. The molecule has 2 N–H and O–H groups in total. The van der Waals surface area contributed by atoms with Gasteiger partial charge in [-0.15, -0.1) is 0 Å². The van der Waals surface area contributed by atoms with Gasteiger partial charge in [0.1, 0.15) is 0 Å². The maximum absolute atomic E-state index is 6.04. The lowest BCUT2D eigenvalue weighted by Gasteiger charge is -2.38. The van der Waals surface area contributed by atoms with Crippen molar-refractivity contribution < 1.29 is 9.47 Å². The van der Waals surface area contributed by atoms with Crippen LogP contribution >= 0.6 is 11.6 Å². The molecule has 1 aromatic rings. The van der Waals surface area contributed by atoms with Gasteiger partial charge in [0.05, 0.1) is 24.6 Å². The van der Waals surface area contributed by atoms with E-state index >= 15 is 0 Å². The highest BCUT2D eigenvalue weighted by molar-refractivity contribution is 6.28. The summed E-state index contributed by atoms with van der Waals surface area (Å²) in [7, 11) is 0. The van der Waals surface area contributed by atoms with Crippen LogP contribution in [0.1, 0.15) is 18.5 Å². The molecule has 1 aromatic heterocycles. The maximum Gasteiger partial charge on any atom is 0.224 e. The normalized spacial score (nSPS) is 22.1. The molecule has 0 aromatic carbocycles. The van der Waals surface area contributed by atoms with Crippen LogP contribution in [0, 0.1) is 6.92 Å². The zero-order valence-corrected chi connectivity index (χ0v) is 11.6. The van der Waals surface area contributed by atoms with E-state index in [1.54, 1.807) is 0 Å². The second kappa shape index (κ2) is 4.77. The van der Waals surface area contributed by atoms with E-state index in [0.29, 0.717) is 30.4 Å². The predicted octanol–water partition coefficient (Wildman–Crippen LogP) is 1.36. The van der Waals surface area contributed by atoms with Crippen LogP contribution in [-0.2, 0) is 9.47 Å². The van der Waals surface area contributed by atoms with Crippen LogP contribution in [0.5, 0.6) is 0 Å².